The summed E-state index contributed by atoms with van der Waals surface area (Å²) < 4.78 is 35.2. The van der Waals surface area contributed by atoms with Gasteiger partial charge in [0.25, 0.3) is 10.1 Å². The third-order valence-corrected chi connectivity index (χ3v) is 7.35. The molecule has 0 aliphatic rings. The van der Waals surface area contributed by atoms with Crippen molar-refractivity contribution >= 4 is 20.9 Å². The molecule has 4 heteroatoms. The maximum absolute atomic E-state index is 12.5. The molecule has 2 unspecified atom stereocenters. The highest BCUT2D eigenvalue weighted by atomic mass is 32.2. The zero-order chi connectivity index (χ0) is 21.9. The Labute approximate surface area is 177 Å². The number of rotatable bonds is 8. The van der Waals surface area contributed by atoms with Crippen molar-refractivity contribution in [3.8, 4) is 0 Å². The van der Waals surface area contributed by atoms with Crippen molar-refractivity contribution in [3.63, 3.8) is 0 Å². The summed E-state index contributed by atoms with van der Waals surface area (Å²) in [7, 11) is -4.34. The van der Waals surface area contributed by atoms with Crippen LogP contribution in [0, 0.1) is 0 Å². The van der Waals surface area contributed by atoms with Gasteiger partial charge in [0.2, 0.25) is 0 Å². The van der Waals surface area contributed by atoms with Crippen LogP contribution in [0.1, 0.15) is 95.4 Å². The SMILES string of the molecule is CC=C(CC)C(C)c1c(C(C)CC)c(S(=O)(=O)O)cc2c(CC)c(CC)ccc12. The van der Waals surface area contributed by atoms with Crippen molar-refractivity contribution in [1.82, 2.24) is 0 Å². The quantitative estimate of drug-likeness (QED) is 0.366. The van der Waals surface area contributed by atoms with Gasteiger partial charge < -0.3 is 0 Å². The minimum Gasteiger partial charge on any atom is -0.282 e. The molecule has 0 aliphatic heterocycles. The molecule has 2 rings (SSSR count). The van der Waals surface area contributed by atoms with Crippen LogP contribution < -0.4 is 0 Å². The molecule has 160 valence electrons. The molecule has 2 aromatic rings. The summed E-state index contributed by atoms with van der Waals surface area (Å²) >= 11 is 0. The first-order chi connectivity index (χ1) is 13.7. The van der Waals surface area contributed by atoms with E-state index in [0.717, 1.165) is 47.6 Å². The van der Waals surface area contributed by atoms with Crippen LogP contribution in [0.3, 0.4) is 0 Å². The van der Waals surface area contributed by atoms with Crippen LogP contribution in [0.4, 0.5) is 0 Å². The van der Waals surface area contributed by atoms with E-state index in [0.29, 0.717) is 0 Å². The van der Waals surface area contributed by atoms with Crippen molar-refractivity contribution in [1.29, 1.82) is 0 Å². The summed E-state index contributed by atoms with van der Waals surface area (Å²) in [5, 5.41) is 2.07. The molecule has 0 radical (unpaired) electrons. The fourth-order valence-electron chi connectivity index (χ4n) is 4.68. The maximum Gasteiger partial charge on any atom is 0.294 e. The van der Waals surface area contributed by atoms with Gasteiger partial charge in [-0.15, -0.1) is 0 Å². The first kappa shape index (κ1) is 23.6. The maximum atomic E-state index is 12.5. The Hall–Kier alpha value is -1.65. The van der Waals surface area contributed by atoms with E-state index in [9.17, 15) is 13.0 Å². The lowest BCUT2D eigenvalue weighted by molar-refractivity contribution is 0.480. The number of benzene rings is 2. The highest BCUT2D eigenvalue weighted by Crippen LogP contribution is 2.43. The predicted octanol–water partition coefficient (Wildman–Crippen LogP) is 7.18. The Morgan fingerprint density at radius 2 is 1.69 bits per heavy atom. The van der Waals surface area contributed by atoms with E-state index in [-0.39, 0.29) is 16.7 Å². The van der Waals surface area contributed by atoms with Gasteiger partial charge in [-0.3, -0.25) is 4.55 Å². The number of fused-ring (bicyclic) bond motifs is 1. The molecular weight excluding hydrogens is 380 g/mol. The summed E-state index contributed by atoms with van der Waals surface area (Å²) in [4.78, 5) is 0.0794. The summed E-state index contributed by atoms with van der Waals surface area (Å²) in [5.41, 5.74) is 5.52. The van der Waals surface area contributed by atoms with E-state index in [1.165, 1.54) is 16.7 Å². The van der Waals surface area contributed by atoms with Crippen LogP contribution in [-0.4, -0.2) is 13.0 Å². The number of hydrogen-bond donors (Lipinski definition) is 1. The van der Waals surface area contributed by atoms with Gasteiger partial charge in [0.15, 0.2) is 0 Å². The molecule has 3 nitrogen and oxygen atoms in total. The molecule has 0 aliphatic carbocycles. The Balaban J connectivity index is 3.17. The van der Waals surface area contributed by atoms with E-state index in [1.54, 1.807) is 6.07 Å². The van der Waals surface area contributed by atoms with Crippen LogP contribution in [0.2, 0.25) is 0 Å². The van der Waals surface area contributed by atoms with E-state index in [4.69, 9.17) is 0 Å². The topological polar surface area (TPSA) is 54.4 Å². The van der Waals surface area contributed by atoms with Crippen LogP contribution in [0.15, 0.2) is 34.7 Å². The van der Waals surface area contributed by atoms with E-state index in [1.807, 2.05) is 6.92 Å². The summed E-state index contributed by atoms with van der Waals surface area (Å²) in [6.45, 7) is 14.7. The lowest BCUT2D eigenvalue weighted by atomic mass is 9.79. The predicted molar refractivity (Wildman–Crippen MR) is 124 cm³/mol. The largest absolute Gasteiger partial charge is 0.294 e. The zero-order valence-corrected chi connectivity index (χ0v) is 19.8. The first-order valence-electron chi connectivity index (χ1n) is 10.9. The van der Waals surface area contributed by atoms with Crippen molar-refractivity contribution in [2.45, 2.75) is 90.9 Å². The zero-order valence-electron chi connectivity index (χ0n) is 19.0. The van der Waals surface area contributed by atoms with Crippen LogP contribution >= 0.6 is 0 Å². The highest BCUT2D eigenvalue weighted by Gasteiger charge is 2.28. The number of aryl methyl sites for hydroxylation is 2. The average Bonchev–Trinajstić information content (AvgIpc) is 2.70. The average molecular weight is 417 g/mol. The molecule has 0 amide bonds. The van der Waals surface area contributed by atoms with Crippen LogP contribution in [0.25, 0.3) is 10.8 Å². The molecule has 2 aromatic carbocycles. The summed E-state index contributed by atoms with van der Waals surface area (Å²) in [6, 6.07) is 6.07. The Morgan fingerprint density at radius 3 is 2.14 bits per heavy atom. The fraction of sp³-hybridized carbons (Fsp3) is 0.520. The molecule has 29 heavy (non-hydrogen) atoms. The second-order valence-electron chi connectivity index (χ2n) is 7.93. The van der Waals surface area contributed by atoms with E-state index >= 15 is 0 Å². The van der Waals surface area contributed by atoms with Gasteiger partial charge in [0.05, 0.1) is 4.90 Å². The second kappa shape index (κ2) is 9.44. The molecule has 0 aromatic heterocycles. The normalized spacial score (nSPS) is 15.0. The third-order valence-electron chi connectivity index (χ3n) is 6.46. The minimum atomic E-state index is -4.34. The molecule has 0 fully saturated rings. The summed E-state index contributed by atoms with van der Waals surface area (Å²) in [5.74, 6) is 0.107. The van der Waals surface area contributed by atoms with Crippen molar-refractivity contribution < 1.29 is 13.0 Å². The Bertz CT molecular complexity index is 1020. The highest BCUT2D eigenvalue weighted by molar-refractivity contribution is 7.85. The fourth-order valence-corrected chi connectivity index (χ4v) is 5.54. The van der Waals surface area contributed by atoms with Crippen LogP contribution in [-0.2, 0) is 23.0 Å². The molecule has 0 heterocycles. The van der Waals surface area contributed by atoms with Gasteiger partial charge in [-0.25, -0.2) is 0 Å². The first-order valence-corrected chi connectivity index (χ1v) is 12.3. The number of hydrogen-bond acceptors (Lipinski definition) is 2. The smallest absolute Gasteiger partial charge is 0.282 e. The molecule has 0 bridgehead atoms. The molecule has 0 saturated carbocycles. The molecule has 0 saturated heterocycles. The van der Waals surface area contributed by atoms with Gasteiger partial charge in [-0.2, -0.15) is 8.42 Å². The lowest BCUT2D eigenvalue weighted by Crippen LogP contribution is -2.13. The van der Waals surface area contributed by atoms with Gasteiger partial charge in [0.1, 0.15) is 0 Å². The Kier molecular flexibility index (Phi) is 7.69. The van der Waals surface area contributed by atoms with E-state index in [2.05, 4.69) is 59.8 Å². The molecule has 0 spiro atoms. The monoisotopic (exact) mass is 416 g/mol. The molecule has 1 N–H and O–H groups in total. The number of allylic oxidation sites excluding steroid dienone is 2. The van der Waals surface area contributed by atoms with Crippen LogP contribution in [0.5, 0.6) is 0 Å². The summed E-state index contributed by atoms with van der Waals surface area (Å²) in [6.07, 6.45) is 5.57. The standard InChI is InChI=1S/C25H36O3S/c1-8-16(6)24-23(29(26,27)28)15-22-20(12-5)19(11-4)13-14-21(22)25(24)17(7)18(9-2)10-3/h9,13-17H,8,10-12H2,1-7H3,(H,26,27,28). The lowest BCUT2D eigenvalue weighted by Gasteiger charge is -2.27. The van der Waals surface area contributed by atoms with Gasteiger partial charge in [-0.1, -0.05) is 65.3 Å². The van der Waals surface area contributed by atoms with Crippen molar-refractivity contribution in [3.05, 3.63) is 52.1 Å². The van der Waals surface area contributed by atoms with Gasteiger partial charge in [-0.05, 0) is 77.6 Å². The Morgan fingerprint density at radius 1 is 1.03 bits per heavy atom. The van der Waals surface area contributed by atoms with Gasteiger partial charge in [0, 0.05) is 5.92 Å². The molecular formula is C25H36O3S. The third kappa shape index (κ3) is 4.44. The minimum absolute atomic E-state index is 0.0275. The van der Waals surface area contributed by atoms with Crippen molar-refractivity contribution in [2.24, 2.45) is 0 Å². The van der Waals surface area contributed by atoms with Gasteiger partial charge >= 0.3 is 0 Å². The van der Waals surface area contributed by atoms with E-state index < -0.39 is 10.1 Å². The molecule has 2 atom stereocenters. The second-order valence-corrected chi connectivity index (χ2v) is 9.32. The van der Waals surface area contributed by atoms with Crippen molar-refractivity contribution in [2.75, 3.05) is 0 Å².